The number of rotatable bonds is 4. The third kappa shape index (κ3) is 3.27. The molecule has 1 aromatic heterocycles. The lowest BCUT2D eigenvalue weighted by Crippen LogP contribution is -2.29. The van der Waals surface area contributed by atoms with Gasteiger partial charge in [-0.15, -0.1) is 11.3 Å². The third-order valence-corrected chi connectivity index (χ3v) is 5.42. The second kappa shape index (κ2) is 6.02. The molecule has 5 nitrogen and oxygen atoms in total. The van der Waals surface area contributed by atoms with Crippen molar-refractivity contribution in [3.05, 3.63) is 16.1 Å². The molecule has 0 N–H and O–H groups in total. The molecular formula is C15H23N3O2S. The summed E-state index contributed by atoms with van der Waals surface area (Å²) in [6, 6.07) is 0. The molecule has 21 heavy (non-hydrogen) atoms. The molecule has 3 heterocycles. The van der Waals surface area contributed by atoms with E-state index in [4.69, 9.17) is 4.74 Å². The van der Waals surface area contributed by atoms with Gasteiger partial charge in [0.05, 0.1) is 29.8 Å². The molecule has 0 aliphatic carbocycles. The van der Waals surface area contributed by atoms with E-state index >= 15 is 0 Å². The van der Waals surface area contributed by atoms with Crippen LogP contribution in [0.25, 0.3) is 0 Å². The Kier molecular flexibility index (Phi) is 4.28. The van der Waals surface area contributed by atoms with Gasteiger partial charge in [-0.05, 0) is 13.3 Å². The number of fused-ring (bicyclic) bond motifs is 1. The summed E-state index contributed by atoms with van der Waals surface area (Å²) in [5.74, 6) is 0.746. The van der Waals surface area contributed by atoms with Gasteiger partial charge < -0.3 is 9.64 Å². The van der Waals surface area contributed by atoms with Gasteiger partial charge in [0.15, 0.2) is 0 Å². The maximum absolute atomic E-state index is 11.8. The number of likely N-dealkylation sites (tertiary alicyclic amines) is 1. The van der Waals surface area contributed by atoms with E-state index in [-0.39, 0.29) is 12.0 Å². The Labute approximate surface area is 129 Å². The monoisotopic (exact) mass is 309 g/mol. The first kappa shape index (κ1) is 14.9. The molecule has 0 saturated carbocycles. The number of hydrogen-bond acceptors (Lipinski definition) is 5. The van der Waals surface area contributed by atoms with Gasteiger partial charge in [-0.2, -0.15) is 0 Å². The van der Waals surface area contributed by atoms with Crippen molar-refractivity contribution in [3.8, 4) is 0 Å². The van der Waals surface area contributed by atoms with Crippen LogP contribution in [0.15, 0.2) is 5.51 Å². The van der Waals surface area contributed by atoms with Gasteiger partial charge in [-0.3, -0.25) is 9.69 Å². The molecule has 1 aromatic rings. The maximum atomic E-state index is 11.8. The van der Waals surface area contributed by atoms with Crippen LogP contribution < -0.4 is 0 Å². The Hall–Kier alpha value is -0.980. The van der Waals surface area contributed by atoms with Crippen molar-refractivity contribution in [2.24, 2.45) is 5.92 Å². The SMILES string of the molecule is Cc1ncsc1CN1C[C@H]2C[C@@H](CC(=O)N(C)C)O[C@H]2C1. The van der Waals surface area contributed by atoms with Crippen LogP contribution in [-0.4, -0.2) is 60.1 Å². The van der Waals surface area contributed by atoms with Gasteiger partial charge in [0.25, 0.3) is 0 Å². The molecule has 0 bridgehead atoms. The second-order valence-corrected chi connectivity index (χ2v) is 7.28. The predicted octanol–water partition coefficient (Wildman–Crippen LogP) is 1.52. The second-order valence-electron chi connectivity index (χ2n) is 6.34. The summed E-state index contributed by atoms with van der Waals surface area (Å²) in [6.45, 7) is 5.11. The fraction of sp³-hybridized carbons (Fsp3) is 0.733. The van der Waals surface area contributed by atoms with Gasteiger partial charge in [-0.1, -0.05) is 0 Å². The standard InChI is InChI=1S/C15H23N3O2S/c1-10-14(21-9-16-10)8-18-6-11-4-12(20-13(11)7-18)5-15(19)17(2)3/h9,11-13H,4-8H2,1-3H3/t11-,12+,13+/m1/s1. The first-order chi connectivity index (χ1) is 10.0. The molecule has 2 fully saturated rings. The molecule has 1 amide bonds. The molecule has 6 heteroatoms. The minimum Gasteiger partial charge on any atom is -0.373 e. The Bertz CT molecular complexity index is 503. The first-order valence-corrected chi connectivity index (χ1v) is 8.38. The molecule has 2 saturated heterocycles. The average Bonchev–Trinajstić information content (AvgIpc) is 3.06. The smallest absolute Gasteiger partial charge is 0.224 e. The number of thiazole rings is 1. The Morgan fingerprint density at radius 3 is 2.95 bits per heavy atom. The van der Waals surface area contributed by atoms with Crippen molar-refractivity contribution in [1.29, 1.82) is 0 Å². The van der Waals surface area contributed by atoms with Crippen molar-refractivity contribution in [2.75, 3.05) is 27.2 Å². The van der Waals surface area contributed by atoms with Crippen LogP contribution in [0.5, 0.6) is 0 Å². The van der Waals surface area contributed by atoms with Crippen molar-refractivity contribution >= 4 is 17.2 Å². The highest BCUT2D eigenvalue weighted by molar-refractivity contribution is 7.09. The summed E-state index contributed by atoms with van der Waals surface area (Å²) in [4.78, 5) is 21.5. The number of nitrogens with zero attached hydrogens (tertiary/aromatic N) is 3. The molecule has 3 rings (SSSR count). The summed E-state index contributed by atoms with van der Waals surface area (Å²) >= 11 is 1.73. The van der Waals surface area contributed by atoms with E-state index in [1.807, 2.05) is 5.51 Å². The highest BCUT2D eigenvalue weighted by Crippen LogP contribution is 2.35. The van der Waals surface area contributed by atoms with Gasteiger partial charge in [0, 0.05) is 44.5 Å². The van der Waals surface area contributed by atoms with Gasteiger partial charge in [-0.25, -0.2) is 4.98 Å². The number of aryl methyl sites for hydroxylation is 1. The van der Waals surface area contributed by atoms with Crippen LogP contribution in [0, 0.1) is 12.8 Å². The largest absolute Gasteiger partial charge is 0.373 e. The number of ether oxygens (including phenoxy) is 1. The first-order valence-electron chi connectivity index (χ1n) is 7.50. The number of hydrogen-bond donors (Lipinski definition) is 0. The van der Waals surface area contributed by atoms with E-state index < -0.39 is 0 Å². The lowest BCUT2D eigenvalue weighted by molar-refractivity contribution is -0.131. The Balaban J connectivity index is 1.50. The zero-order chi connectivity index (χ0) is 15.0. The van der Waals surface area contributed by atoms with E-state index in [0.717, 1.165) is 31.7 Å². The van der Waals surface area contributed by atoms with Crippen LogP contribution >= 0.6 is 11.3 Å². The molecular weight excluding hydrogens is 286 g/mol. The molecule has 0 unspecified atom stereocenters. The van der Waals surface area contributed by atoms with Crippen LogP contribution in [0.1, 0.15) is 23.4 Å². The summed E-state index contributed by atoms with van der Waals surface area (Å²) in [6.07, 6.45) is 1.96. The Morgan fingerprint density at radius 2 is 2.33 bits per heavy atom. The predicted molar refractivity (Wildman–Crippen MR) is 82.2 cm³/mol. The lowest BCUT2D eigenvalue weighted by Gasteiger charge is -2.19. The fourth-order valence-electron chi connectivity index (χ4n) is 3.27. The van der Waals surface area contributed by atoms with Crippen molar-refractivity contribution in [1.82, 2.24) is 14.8 Å². The number of amides is 1. The molecule has 2 aliphatic heterocycles. The van der Waals surface area contributed by atoms with Crippen molar-refractivity contribution in [3.63, 3.8) is 0 Å². The highest BCUT2D eigenvalue weighted by atomic mass is 32.1. The quantitative estimate of drug-likeness (QED) is 0.846. The minimum atomic E-state index is 0.113. The molecule has 3 atom stereocenters. The molecule has 116 valence electrons. The van der Waals surface area contributed by atoms with Gasteiger partial charge in [0.1, 0.15) is 0 Å². The summed E-state index contributed by atoms with van der Waals surface area (Å²) in [7, 11) is 3.61. The lowest BCUT2D eigenvalue weighted by atomic mass is 10.0. The van der Waals surface area contributed by atoms with Crippen LogP contribution in [0.2, 0.25) is 0 Å². The maximum Gasteiger partial charge on any atom is 0.224 e. The van der Waals surface area contributed by atoms with Gasteiger partial charge in [0.2, 0.25) is 5.91 Å². The fourth-order valence-corrected chi connectivity index (χ4v) is 4.09. The van der Waals surface area contributed by atoms with Crippen LogP contribution in [0.3, 0.4) is 0 Å². The van der Waals surface area contributed by atoms with E-state index in [1.165, 1.54) is 4.88 Å². The van der Waals surface area contributed by atoms with Crippen LogP contribution in [0.4, 0.5) is 0 Å². The zero-order valence-corrected chi connectivity index (χ0v) is 13.7. The van der Waals surface area contributed by atoms with E-state index in [1.54, 1.807) is 30.3 Å². The van der Waals surface area contributed by atoms with E-state index in [9.17, 15) is 4.79 Å². The molecule has 0 radical (unpaired) electrons. The van der Waals surface area contributed by atoms with Gasteiger partial charge >= 0.3 is 0 Å². The number of aromatic nitrogens is 1. The van der Waals surface area contributed by atoms with E-state index in [2.05, 4.69) is 16.8 Å². The topological polar surface area (TPSA) is 45.7 Å². The minimum absolute atomic E-state index is 0.113. The molecule has 0 aromatic carbocycles. The highest BCUT2D eigenvalue weighted by Gasteiger charge is 2.42. The van der Waals surface area contributed by atoms with Crippen molar-refractivity contribution < 1.29 is 9.53 Å². The molecule has 2 aliphatic rings. The summed E-state index contributed by atoms with van der Waals surface area (Å²) < 4.78 is 6.08. The Morgan fingerprint density at radius 1 is 1.52 bits per heavy atom. The number of carbonyl (C=O) groups is 1. The van der Waals surface area contributed by atoms with E-state index in [0.29, 0.717) is 18.4 Å². The van der Waals surface area contributed by atoms with Crippen molar-refractivity contribution in [2.45, 2.75) is 38.5 Å². The zero-order valence-electron chi connectivity index (χ0n) is 12.9. The summed E-state index contributed by atoms with van der Waals surface area (Å²) in [5, 5.41) is 0. The third-order valence-electron chi connectivity index (χ3n) is 4.50. The molecule has 0 spiro atoms. The average molecular weight is 309 g/mol. The summed E-state index contributed by atoms with van der Waals surface area (Å²) in [5.41, 5.74) is 3.06. The van der Waals surface area contributed by atoms with Crippen LogP contribution in [-0.2, 0) is 16.1 Å². The normalized spacial score (nSPS) is 28.8. The number of carbonyl (C=O) groups excluding carboxylic acids is 1.